The topological polar surface area (TPSA) is 67.9 Å². The van der Waals surface area contributed by atoms with Gasteiger partial charge in [0, 0.05) is 12.0 Å². The van der Waals surface area contributed by atoms with Gasteiger partial charge in [-0.25, -0.2) is 4.79 Å². The summed E-state index contributed by atoms with van der Waals surface area (Å²) in [6.45, 7) is 6.42. The SMILES string of the molecule is COC(=O)N(COc1ccc(NC(=O)C2(C)CCCCC2)c(Cl)c1Cl)CC(C)C. The first-order valence-corrected chi connectivity index (χ1v) is 10.7. The van der Waals surface area contributed by atoms with E-state index in [2.05, 4.69) is 5.32 Å². The van der Waals surface area contributed by atoms with Crippen molar-refractivity contribution in [3.8, 4) is 5.75 Å². The van der Waals surface area contributed by atoms with Crippen molar-refractivity contribution in [2.24, 2.45) is 11.3 Å². The van der Waals surface area contributed by atoms with Crippen molar-refractivity contribution in [1.29, 1.82) is 0 Å². The van der Waals surface area contributed by atoms with E-state index in [0.29, 0.717) is 18.0 Å². The van der Waals surface area contributed by atoms with E-state index < -0.39 is 6.09 Å². The maximum Gasteiger partial charge on any atom is 0.412 e. The standard InChI is InChI=1S/C21H30Cl2N2O4/c1-14(2)12-25(20(27)28-4)13-29-16-9-8-15(17(22)18(16)23)24-19(26)21(3)10-6-5-7-11-21/h8-9,14H,5-7,10-13H2,1-4H3,(H,24,26). The summed E-state index contributed by atoms with van der Waals surface area (Å²) < 4.78 is 10.5. The lowest BCUT2D eigenvalue weighted by Gasteiger charge is -2.32. The zero-order valence-electron chi connectivity index (χ0n) is 17.5. The minimum atomic E-state index is -0.481. The maximum atomic E-state index is 12.8. The van der Waals surface area contributed by atoms with Crippen LogP contribution in [0, 0.1) is 11.3 Å². The van der Waals surface area contributed by atoms with Gasteiger partial charge in [-0.2, -0.15) is 0 Å². The highest BCUT2D eigenvalue weighted by molar-refractivity contribution is 6.44. The monoisotopic (exact) mass is 444 g/mol. The molecule has 0 unspecified atom stereocenters. The molecule has 0 aromatic heterocycles. The van der Waals surface area contributed by atoms with Gasteiger partial charge in [-0.15, -0.1) is 0 Å². The molecule has 1 N–H and O–H groups in total. The second-order valence-corrected chi connectivity index (χ2v) is 8.93. The second kappa shape index (κ2) is 10.4. The van der Waals surface area contributed by atoms with E-state index >= 15 is 0 Å². The molecule has 0 aliphatic heterocycles. The number of rotatable bonds is 7. The van der Waals surface area contributed by atoms with Crippen LogP contribution in [-0.4, -0.2) is 37.3 Å². The number of halogens is 2. The lowest BCUT2D eigenvalue weighted by molar-refractivity contribution is -0.126. The predicted molar refractivity (Wildman–Crippen MR) is 116 cm³/mol. The molecular formula is C21H30Cl2N2O4. The highest BCUT2D eigenvalue weighted by atomic mass is 35.5. The van der Waals surface area contributed by atoms with Crippen LogP contribution in [-0.2, 0) is 9.53 Å². The van der Waals surface area contributed by atoms with Crippen LogP contribution >= 0.6 is 23.2 Å². The van der Waals surface area contributed by atoms with Crippen molar-refractivity contribution in [3.05, 3.63) is 22.2 Å². The Morgan fingerprint density at radius 2 is 1.83 bits per heavy atom. The van der Waals surface area contributed by atoms with Gasteiger partial charge in [0.1, 0.15) is 10.8 Å². The Bertz CT molecular complexity index is 734. The van der Waals surface area contributed by atoms with Crippen LogP contribution in [0.15, 0.2) is 12.1 Å². The summed E-state index contributed by atoms with van der Waals surface area (Å²) in [5.74, 6) is 0.532. The van der Waals surface area contributed by atoms with Gasteiger partial charge in [0.25, 0.3) is 0 Å². The molecule has 6 nitrogen and oxygen atoms in total. The number of methoxy groups -OCH3 is 1. The Balaban J connectivity index is 2.08. The average Bonchev–Trinajstić information content (AvgIpc) is 2.69. The van der Waals surface area contributed by atoms with Crippen molar-refractivity contribution in [2.75, 3.05) is 25.7 Å². The molecule has 1 fully saturated rings. The van der Waals surface area contributed by atoms with Crippen LogP contribution in [0.4, 0.5) is 10.5 Å². The zero-order valence-corrected chi connectivity index (χ0v) is 19.0. The number of nitrogens with one attached hydrogen (secondary N) is 1. The highest BCUT2D eigenvalue weighted by Gasteiger charge is 2.35. The number of anilines is 1. The Kier molecular flexibility index (Phi) is 8.46. The molecule has 0 saturated heterocycles. The lowest BCUT2D eigenvalue weighted by atomic mass is 9.75. The van der Waals surface area contributed by atoms with Gasteiger partial charge in [0.2, 0.25) is 5.91 Å². The van der Waals surface area contributed by atoms with E-state index in [4.69, 9.17) is 32.7 Å². The van der Waals surface area contributed by atoms with E-state index in [1.807, 2.05) is 20.8 Å². The lowest BCUT2D eigenvalue weighted by Crippen LogP contribution is -2.37. The minimum Gasteiger partial charge on any atom is -0.471 e. The molecular weight excluding hydrogens is 415 g/mol. The first-order chi connectivity index (χ1) is 13.7. The van der Waals surface area contributed by atoms with Gasteiger partial charge in [-0.1, -0.05) is 63.2 Å². The van der Waals surface area contributed by atoms with Gasteiger partial charge in [0.15, 0.2) is 6.73 Å². The van der Waals surface area contributed by atoms with Crippen molar-refractivity contribution in [3.63, 3.8) is 0 Å². The second-order valence-electron chi connectivity index (χ2n) is 8.17. The quantitative estimate of drug-likeness (QED) is 0.526. The summed E-state index contributed by atoms with van der Waals surface area (Å²) in [5, 5.41) is 3.31. The molecule has 2 amide bonds. The summed E-state index contributed by atoms with van der Waals surface area (Å²) in [5.41, 5.74) is 0.0639. The number of carbonyl (C=O) groups is 2. The van der Waals surface area contributed by atoms with Crippen molar-refractivity contribution in [1.82, 2.24) is 4.90 Å². The van der Waals surface area contributed by atoms with Crippen molar-refractivity contribution >= 4 is 40.9 Å². The fraction of sp³-hybridized carbons (Fsp3) is 0.619. The van der Waals surface area contributed by atoms with Crippen LogP contribution in [0.1, 0.15) is 52.9 Å². The summed E-state index contributed by atoms with van der Waals surface area (Å²) in [6.07, 6.45) is 4.53. The molecule has 162 valence electrons. The summed E-state index contributed by atoms with van der Waals surface area (Å²) in [7, 11) is 1.32. The maximum absolute atomic E-state index is 12.8. The molecule has 0 spiro atoms. The third kappa shape index (κ3) is 6.16. The van der Waals surface area contributed by atoms with Crippen LogP contribution in [0.2, 0.25) is 10.0 Å². The number of hydrogen-bond donors (Lipinski definition) is 1. The Morgan fingerprint density at radius 3 is 2.41 bits per heavy atom. The Morgan fingerprint density at radius 1 is 1.17 bits per heavy atom. The number of carbonyl (C=O) groups excluding carboxylic acids is 2. The number of ether oxygens (including phenoxy) is 2. The Labute approximate surface area is 182 Å². The zero-order chi connectivity index (χ0) is 21.6. The van der Waals surface area contributed by atoms with Gasteiger partial charge < -0.3 is 14.8 Å². The fourth-order valence-corrected chi connectivity index (χ4v) is 3.89. The van der Waals surface area contributed by atoms with E-state index in [1.54, 1.807) is 12.1 Å². The van der Waals surface area contributed by atoms with E-state index in [9.17, 15) is 9.59 Å². The molecule has 1 aliphatic rings. The number of hydrogen-bond acceptors (Lipinski definition) is 4. The molecule has 0 radical (unpaired) electrons. The van der Waals surface area contributed by atoms with Gasteiger partial charge >= 0.3 is 6.09 Å². The third-order valence-electron chi connectivity index (χ3n) is 5.19. The molecule has 1 aromatic carbocycles. The minimum absolute atomic E-state index is 0.0231. The summed E-state index contributed by atoms with van der Waals surface area (Å²) in [6, 6.07) is 3.30. The first kappa shape index (κ1) is 23.6. The van der Waals surface area contributed by atoms with Gasteiger partial charge in [-0.3, -0.25) is 9.69 Å². The molecule has 2 rings (SSSR count). The fourth-order valence-electron chi connectivity index (χ4n) is 3.47. The van der Waals surface area contributed by atoms with Gasteiger partial charge in [0.05, 0.1) is 17.8 Å². The normalized spacial score (nSPS) is 15.7. The summed E-state index contributed by atoms with van der Waals surface area (Å²) >= 11 is 12.7. The molecule has 1 aliphatic carbocycles. The largest absolute Gasteiger partial charge is 0.471 e. The van der Waals surface area contributed by atoms with Crippen LogP contribution in [0.25, 0.3) is 0 Å². The smallest absolute Gasteiger partial charge is 0.412 e. The molecule has 8 heteroatoms. The molecule has 29 heavy (non-hydrogen) atoms. The number of amides is 2. The number of benzene rings is 1. The van der Waals surface area contributed by atoms with Gasteiger partial charge in [-0.05, 0) is 30.9 Å². The van der Waals surface area contributed by atoms with E-state index in [1.165, 1.54) is 18.4 Å². The molecule has 0 atom stereocenters. The molecule has 0 heterocycles. The first-order valence-electron chi connectivity index (χ1n) is 9.93. The third-order valence-corrected chi connectivity index (χ3v) is 6.06. The van der Waals surface area contributed by atoms with Crippen molar-refractivity contribution < 1.29 is 19.1 Å². The molecule has 0 bridgehead atoms. The molecule has 1 aromatic rings. The highest BCUT2D eigenvalue weighted by Crippen LogP contribution is 2.40. The predicted octanol–water partition coefficient (Wildman–Crippen LogP) is 5.96. The van der Waals surface area contributed by atoms with Crippen molar-refractivity contribution in [2.45, 2.75) is 52.9 Å². The number of nitrogens with zero attached hydrogens (tertiary/aromatic N) is 1. The van der Waals surface area contributed by atoms with Crippen LogP contribution in [0.5, 0.6) is 5.75 Å². The van der Waals surface area contributed by atoms with E-state index in [-0.39, 0.29) is 34.0 Å². The summed E-state index contributed by atoms with van der Waals surface area (Å²) in [4.78, 5) is 26.1. The van der Waals surface area contributed by atoms with E-state index in [0.717, 1.165) is 25.7 Å². The van der Waals surface area contributed by atoms with Crippen LogP contribution < -0.4 is 10.1 Å². The Hall–Kier alpha value is -1.66. The average molecular weight is 445 g/mol. The van der Waals surface area contributed by atoms with Crippen LogP contribution in [0.3, 0.4) is 0 Å². The molecule has 1 saturated carbocycles.